The van der Waals surface area contributed by atoms with Gasteiger partial charge in [-0.2, -0.15) is 0 Å². The Labute approximate surface area is 180 Å². The van der Waals surface area contributed by atoms with Gasteiger partial charge in [-0.3, -0.25) is 9.69 Å². The van der Waals surface area contributed by atoms with Crippen molar-refractivity contribution in [3.05, 3.63) is 34.7 Å². The molecule has 0 saturated carbocycles. The van der Waals surface area contributed by atoms with Crippen LogP contribution in [-0.2, 0) is 11.3 Å². The van der Waals surface area contributed by atoms with Crippen molar-refractivity contribution < 1.29 is 13.9 Å². The molecule has 0 N–H and O–H groups in total. The van der Waals surface area contributed by atoms with Crippen LogP contribution >= 0.6 is 0 Å². The monoisotopic (exact) mass is 413 g/mol. The van der Waals surface area contributed by atoms with Crippen LogP contribution in [0.4, 0.5) is 0 Å². The van der Waals surface area contributed by atoms with Crippen LogP contribution in [0, 0.1) is 26.7 Å². The molecule has 0 radical (unpaired) electrons. The van der Waals surface area contributed by atoms with E-state index in [0.29, 0.717) is 12.4 Å². The van der Waals surface area contributed by atoms with Gasteiger partial charge in [0.05, 0.1) is 18.7 Å². The molecular formula is C24H35N3O3. The molecule has 2 aromatic rings. The lowest BCUT2D eigenvalue weighted by atomic mass is 9.96. The Bertz CT molecular complexity index is 886. The summed E-state index contributed by atoms with van der Waals surface area (Å²) in [4.78, 5) is 21.9. The minimum Gasteiger partial charge on any atom is -0.496 e. The molecule has 1 saturated heterocycles. The van der Waals surface area contributed by atoms with Crippen LogP contribution in [0.2, 0.25) is 0 Å². The van der Waals surface area contributed by atoms with Crippen molar-refractivity contribution in [3.8, 4) is 17.2 Å². The molecule has 1 aromatic heterocycles. The Kier molecular flexibility index (Phi) is 7.19. The first-order valence-corrected chi connectivity index (χ1v) is 11.0. The van der Waals surface area contributed by atoms with Crippen LogP contribution in [0.3, 0.4) is 0 Å². The molecule has 6 nitrogen and oxygen atoms in total. The number of likely N-dealkylation sites (tertiary alicyclic amines) is 1. The number of hydrogen-bond acceptors (Lipinski definition) is 5. The fraction of sp³-hybridized carbons (Fsp3) is 0.583. The van der Waals surface area contributed by atoms with Gasteiger partial charge in [-0.25, -0.2) is 4.98 Å². The molecular weight excluding hydrogens is 378 g/mol. The maximum Gasteiger partial charge on any atom is 0.226 e. The quantitative estimate of drug-likeness (QED) is 0.675. The molecule has 1 fully saturated rings. The number of carbonyl (C=O) groups is 1. The standard InChI is InChI=1S/C24H35N3O3/c1-7-27(8-2)24(28)19-10-9-11-26(14-19)15-21-18(5)30-23(25-21)20-12-17(4)22(29-6)13-16(20)3/h12-13,19H,7-11,14-15H2,1-6H3/t19-/m1/s1. The fourth-order valence-electron chi connectivity index (χ4n) is 4.34. The van der Waals surface area contributed by atoms with E-state index in [-0.39, 0.29) is 11.8 Å². The number of aromatic nitrogens is 1. The van der Waals surface area contributed by atoms with Crippen LogP contribution < -0.4 is 4.74 Å². The summed E-state index contributed by atoms with van der Waals surface area (Å²) in [6.07, 6.45) is 2.01. The number of benzene rings is 1. The summed E-state index contributed by atoms with van der Waals surface area (Å²) in [6, 6.07) is 4.10. The van der Waals surface area contributed by atoms with E-state index in [0.717, 1.165) is 72.9 Å². The highest BCUT2D eigenvalue weighted by Gasteiger charge is 2.29. The number of nitrogens with zero attached hydrogens (tertiary/aromatic N) is 3. The van der Waals surface area contributed by atoms with Gasteiger partial charge in [-0.05, 0) is 77.3 Å². The van der Waals surface area contributed by atoms with Gasteiger partial charge in [0.15, 0.2) is 0 Å². The van der Waals surface area contributed by atoms with Crippen molar-refractivity contribution in [3.63, 3.8) is 0 Å². The number of rotatable bonds is 7. The summed E-state index contributed by atoms with van der Waals surface area (Å²) >= 11 is 0. The molecule has 0 unspecified atom stereocenters. The van der Waals surface area contributed by atoms with E-state index >= 15 is 0 Å². The van der Waals surface area contributed by atoms with Crippen molar-refractivity contribution in [2.24, 2.45) is 5.92 Å². The SMILES string of the molecule is CCN(CC)C(=O)[C@@H]1CCCN(Cc2nc(-c3cc(C)c(OC)cc3C)oc2C)C1. The van der Waals surface area contributed by atoms with E-state index in [4.69, 9.17) is 14.1 Å². The second-order valence-electron chi connectivity index (χ2n) is 8.24. The summed E-state index contributed by atoms with van der Waals surface area (Å²) < 4.78 is 11.5. The van der Waals surface area contributed by atoms with Crippen LogP contribution in [0.15, 0.2) is 16.5 Å². The maximum absolute atomic E-state index is 12.8. The number of piperidine rings is 1. The number of methoxy groups -OCH3 is 1. The fourth-order valence-corrected chi connectivity index (χ4v) is 4.34. The summed E-state index contributed by atoms with van der Waals surface area (Å²) in [5, 5.41) is 0. The van der Waals surface area contributed by atoms with Crippen molar-refractivity contribution in [2.75, 3.05) is 33.3 Å². The number of ether oxygens (including phenoxy) is 1. The third-order valence-electron chi connectivity index (χ3n) is 6.17. The molecule has 1 aromatic carbocycles. The molecule has 164 valence electrons. The highest BCUT2D eigenvalue weighted by molar-refractivity contribution is 5.79. The highest BCUT2D eigenvalue weighted by Crippen LogP contribution is 2.31. The van der Waals surface area contributed by atoms with E-state index in [1.807, 2.05) is 45.6 Å². The maximum atomic E-state index is 12.8. The van der Waals surface area contributed by atoms with Gasteiger partial charge < -0.3 is 14.1 Å². The molecule has 6 heteroatoms. The van der Waals surface area contributed by atoms with E-state index in [1.165, 1.54) is 0 Å². The van der Waals surface area contributed by atoms with Gasteiger partial charge in [0.1, 0.15) is 11.5 Å². The molecule has 1 amide bonds. The summed E-state index contributed by atoms with van der Waals surface area (Å²) in [7, 11) is 1.69. The molecule has 30 heavy (non-hydrogen) atoms. The van der Waals surface area contributed by atoms with Crippen molar-refractivity contribution in [1.29, 1.82) is 0 Å². The zero-order valence-corrected chi connectivity index (χ0v) is 19.2. The Balaban J connectivity index is 1.75. The molecule has 1 aliphatic heterocycles. The van der Waals surface area contributed by atoms with Gasteiger partial charge in [0.2, 0.25) is 11.8 Å². The lowest BCUT2D eigenvalue weighted by molar-refractivity contribution is -0.137. The van der Waals surface area contributed by atoms with E-state index < -0.39 is 0 Å². The molecule has 0 bridgehead atoms. The highest BCUT2D eigenvalue weighted by atomic mass is 16.5. The summed E-state index contributed by atoms with van der Waals surface area (Å²) in [5.41, 5.74) is 4.09. The zero-order chi connectivity index (χ0) is 21.8. The Hall–Kier alpha value is -2.34. The first kappa shape index (κ1) is 22.3. The zero-order valence-electron chi connectivity index (χ0n) is 19.2. The minimum atomic E-state index is 0.0804. The molecule has 2 heterocycles. The van der Waals surface area contributed by atoms with Crippen LogP contribution in [-0.4, -0.2) is 54.0 Å². The smallest absolute Gasteiger partial charge is 0.226 e. The number of amides is 1. The van der Waals surface area contributed by atoms with Gasteiger partial charge >= 0.3 is 0 Å². The second-order valence-corrected chi connectivity index (χ2v) is 8.24. The van der Waals surface area contributed by atoms with Gasteiger partial charge in [0, 0.05) is 31.7 Å². The lowest BCUT2D eigenvalue weighted by Gasteiger charge is -2.34. The second kappa shape index (κ2) is 9.65. The Morgan fingerprint density at radius 1 is 1.23 bits per heavy atom. The molecule has 0 spiro atoms. The van der Waals surface area contributed by atoms with E-state index in [1.54, 1.807) is 7.11 Å². The number of aryl methyl sites for hydroxylation is 3. The van der Waals surface area contributed by atoms with Gasteiger partial charge in [0.25, 0.3) is 0 Å². The topological polar surface area (TPSA) is 58.8 Å². The first-order chi connectivity index (χ1) is 14.4. The van der Waals surface area contributed by atoms with Crippen molar-refractivity contribution in [2.45, 2.75) is 54.0 Å². The lowest BCUT2D eigenvalue weighted by Crippen LogP contribution is -2.44. The summed E-state index contributed by atoms with van der Waals surface area (Å²) in [5.74, 6) is 2.73. The number of oxazole rings is 1. The third-order valence-corrected chi connectivity index (χ3v) is 6.17. The predicted octanol–water partition coefficient (Wildman–Crippen LogP) is 4.36. The first-order valence-electron chi connectivity index (χ1n) is 11.0. The number of carbonyl (C=O) groups excluding carboxylic acids is 1. The largest absolute Gasteiger partial charge is 0.496 e. The van der Waals surface area contributed by atoms with Crippen molar-refractivity contribution in [1.82, 2.24) is 14.8 Å². The van der Waals surface area contributed by atoms with Crippen molar-refractivity contribution >= 4 is 5.91 Å². The van der Waals surface area contributed by atoms with Crippen LogP contribution in [0.1, 0.15) is 49.3 Å². The Morgan fingerprint density at radius 2 is 1.97 bits per heavy atom. The van der Waals surface area contributed by atoms with Crippen LogP contribution in [0.5, 0.6) is 5.75 Å². The van der Waals surface area contributed by atoms with Gasteiger partial charge in [-0.15, -0.1) is 0 Å². The average molecular weight is 414 g/mol. The predicted molar refractivity (Wildman–Crippen MR) is 119 cm³/mol. The molecule has 3 rings (SSSR count). The minimum absolute atomic E-state index is 0.0804. The molecule has 1 atom stereocenters. The summed E-state index contributed by atoms with van der Waals surface area (Å²) in [6.45, 7) is 14.2. The van der Waals surface area contributed by atoms with E-state index in [9.17, 15) is 4.79 Å². The third kappa shape index (κ3) is 4.69. The molecule has 0 aliphatic carbocycles. The van der Waals surface area contributed by atoms with Gasteiger partial charge in [-0.1, -0.05) is 0 Å². The number of hydrogen-bond donors (Lipinski definition) is 0. The van der Waals surface area contributed by atoms with E-state index in [2.05, 4.69) is 11.0 Å². The van der Waals surface area contributed by atoms with Crippen LogP contribution in [0.25, 0.3) is 11.5 Å². The average Bonchev–Trinajstić information content (AvgIpc) is 3.10. The Morgan fingerprint density at radius 3 is 2.63 bits per heavy atom. The molecule has 1 aliphatic rings. The normalized spacial score (nSPS) is 17.2.